The molecular weight excluding hydrogens is 312 g/mol. The minimum atomic E-state index is -4.20. The highest BCUT2D eigenvalue weighted by Crippen LogP contribution is 2.31. The summed E-state index contributed by atoms with van der Waals surface area (Å²) in [6.45, 7) is 5.50. The Hall–Kier alpha value is -1.69. The predicted octanol–water partition coefficient (Wildman–Crippen LogP) is 3.63. The predicted molar refractivity (Wildman–Crippen MR) is 91.1 cm³/mol. The smallest absolute Gasteiger partial charge is 0.294 e. The fraction of sp³-hybridized carbons (Fsp3) is 0.333. The lowest BCUT2D eigenvalue weighted by Crippen LogP contribution is -2.07. The fourth-order valence-electron chi connectivity index (χ4n) is 2.48. The molecule has 0 spiro atoms. The molecule has 1 N–H and O–H groups in total. The van der Waals surface area contributed by atoms with E-state index in [2.05, 4.69) is 18.7 Å². The molecular formula is C18H22O4S. The van der Waals surface area contributed by atoms with E-state index in [1.54, 1.807) is 18.2 Å². The molecule has 2 rings (SSSR count). The van der Waals surface area contributed by atoms with Crippen LogP contribution in [0.2, 0.25) is 0 Å². The average Bonchev–Trinajstić information content (AvgIpc) is 3.19. The zero-order valence-electron chi connectivity index (χ0n) is 13.2. The Morgan fingerprint density at radius 2 is 2.04 bits per heavy atom. The monoisotopic (exact) mass is 334 g/mol. The summed E-state index contributed by atoms with van der Waals surface area (Å²) in [7, 11) is -4.20. The molecule has 4 nitrogen and oxygen atoms in total. The molecule has 0 amide bonds. The molecule has 1 fully saturated rings. The van der Waals surface area contributed by atoms with Crippen LogP contribution in [0, 0.1) is 6.92 Å². The summed E-state index contributed by atoms with van der Waals surface area (Å²) in [5, 5.41) is 0. The third-order valence-corrected chi connectivity index (χ3v) is 4.64. The Morgan fingerprint density at radius 3 is 2.74 bits per heavy atom. The second-order valence-corrected chi connectivity index (χ2v) is 7.00. The topological polar surface area (TPSA) is 66.9 Å². The number of rotatable bonds is 8. The molecule has 1 saturated heterocycles. The maximum absolute atomic E-state index is 11.4. The second kappa shape index (κ2) is 7.73. The van der Waals surface area contributed by atoms with E-state index >= 15 is 0 Å². The van der Waals surface area contributed by atoms with Gasteiger partial charge in [-0.2, -0.15) is 8.42 Å². The second-order valence-electron chi connectivity index (χ2n) is 5.61. The summed E-state index contributed by atoms with van der Waals surface area (Å²) in [5.41, 5.74) is 1.57. The Morgan fingerprint density at radius 1 is 1.26 bits per heavy atom. The van der Waals surface area contributed by atoms with Gasteiger partial charge in [0.25, 0.3) is 10.1 Å². The van der Waals surface area contributed by atoms with Gasteiger partial charge in [0, 0.05) is 6.42 Å². The van der Waals surface area contributed by atoms with Crippen molar-refractivity contribution < 1.29 is 17.7 Å². The Balaban J connectivity index is 1.91. The molecule has 1 aromatic rings. The van der Waals surface area contributed by atoms with Crippen LogP contribution in [-0.2, 0) is 21.3 Å². The molecule has 0 aromatic heterocycles. The van der Waals surface area contributed by atoms with Gasteiger partial charge in [0.2, 0.25) is 0 Å². The molecule has 0 bridgehead atoms. The lowest BCUT2D eigenvalue weighted by molar-refractivity contribution is 0.369. The summed E-state index contributed by atoms with van der Waals surface area (Å²) < 4.78 is 37.8. The van der Waals surface area contributed by atoms with Crippen LogP contribution in [0.1, 0.15) is 24.0 Å². The average molecular weight is 334 g/mol. The van der Waals surface area contributed by atoms with E-state index in [-0.39, 0.29) is 17.1 Å². The molecule has 0 saturated carbocycles. The molecule has 0 unspecified atom stereocenters. The first-order valence-electron chi connectivity index (χ1n) is 7.57. The summed E-state index contributed by atoms with van der Waals surface area (Å²) in [6.07, 6.45) is 12.1. The largest absolute Gasteiger partial charge is 0.369 e. The first-order chi connectivity index (χ1) is 10.9. The van der Waals surface area contributed by atoms with Gasteiger partial charge >= 0.3 is 0 Å². The van der Waals surface area contributed by atoms with Gasteiger partial charge in [-0.15, -0.1) is 0 Å². The highest BCUT2D eigenvalue weighted by atomic mass is 32.2. The minimum Gasteiger partial charge on any atom is -0.369 e. The van der Waals surface area contributed by atoms with Gasteiger partial charge in [0.15, 0.2) is 0 Å². The summed E-state index contributed by atoms with van der Waals surface area (Å²) in [5.74, 6) is 0. The van der Waals surface area contributed by atoms with E-state index in [9.17, 15) is 13.0 Å². The maximum Gasteiger partial charge on any atom is 0.294 e. The first kappa shape index (κ1) is 17.7. The van der Waals surface area contributed by atoms with Crippen LogP contribution in [0.4, 0.5) is 0 Å². The molecule has 1 aliphatic rings. The number of ether oxygens (including phenoxy) is 1. The number of hydrogen-bond donors (Lipinski definition) is 1. The van der Waals surface area contributed by atoms with Crippen molar-refractivity contribution in [3.05, 3.63) is 66.3 Å². The maximum atomic E-state index is 11.4. The van der Waals surface area contributed by atoms with Gasteiger partial charge in [0.1, 0.15) is 0 Å². The van der Waals surface area contributed by atoms with Gasteiger partial charge in [0.05, 0.1) is 17.1 Å². The number of hydrogen-bond acceptors (Lipinski definition) is 3. The zero-order valence-corrected chi connectivity index (χ0v) is 14.0. The van der Waals surface area contributed by atoms with Crippen LogP contribution >= 0.6 is 0 Å². The van der Waals surface area contributed by atoms with Crippen molar-refractivity contribution in [3.8, 4) is 0 Å². The number of allylic oxidation sites excluding steroid dienone is 4. The summed E-state index contributed by atoms with van der Waals surface area (Å²) in [6, 6.07) is 4.92. The third-order valence-electron chi connectivity index (χ3n) is 3.68. The highest BCUT2D eigenvalue weighted by molar-refractivity contribution is 7.85. The number of aryl methyl sites for hydroxylation is 1. The first-order valence-corrected chi connectivity index (χ1v) is 9.01. The van der Waals surface area contributed by atoms with E-state index in [0.717, 1.165) is 18.4 Å². The number of benzene rings is 1. The van der Waals surface area contributed by atoms with Crippen molar-refractivity contribution >= 4 is 10.1 Å². The molecule has 23 heavy (non-hydrogen) atoms. The molecule has 1 aromatic carbocycles. The van der Waals surface area contributed by atoms with Crippen LogP contribution in [-0.4, -0.2) is 25.2 Å². The van der Waals surface area contributed by atoms with Crippen molar-refractivity contribution in [2.24, 2.45) is 0 Å². The Kier molecular flexibility index (Phi) is 5.93. The molecule has 1 aliphatic heterocycles. The van der Waals surface area contributed by atoms with E-state index in [1.807, 2.05) is 19.1 Å². The van der Waals surface area contributed by atoms with Gasteiger partial charge in [-0.25, -0.2) is 0 Å². The van der Waals surface area contributed by atoms with Crippen LogP contribution in [0.25, 0.3) is 0 Å². The van der Waals surface area contributed by atoms with Crippen LogP contribution in [0.15, 0.2) is 60.1 Å². The van der Waals surface area contributed by atoms with Gasteiger partial charge in [-0.05, 0) is 31.4 Å². The SMILES string of the molecule is C=CC=CCC=CC[C@@H]1O[C@@H]1Cc1cc(C)ccc1S(=O)(=O)O. The van der Waals surface area contributed by atoms with Crippen molar-refractivity contribution in [1.29, 1.82) is 0 Å². The molecule has 2 atom stereocenters. The number of epoxide rings is 1. The van der Waals surface area contributed by atoms with Crippen molar-refractivity contribution in [1.82, 2.24) is 0 Å². The molecule has 5 heteroatoms. The van der Waals surface area contributed by atoms with Crippen molar-refractivity contribution in [2.45, 2.75) is 43.3 Å². The Labute approximate surface area is 137 Å². The third kappa shape index (κ3) is 5.46. The highest BCUT2D eigenvalue weighted by Gasteiger charge is 2.38. The van der Waals surface area contributed by atoms with Gasteiger partial charge < -0.3 is 4.74 Å². The fourth-order valence-corrected chi connectivity index (χ4v) is 3.20. The molecule has 0 aliphatic carbocycles. The van der Waals surface area contributed by atoms with Crippen LogP contribution in [0.5, 0.6) is 0 Å². The lowest BCUT2D eigenvalue weighted by Gasteiger charge is -2.06. The zero-order chi connectivity index (χ0) is 16.9. The van der Waals surface area contributed by atoms with Crippen molar-refractivity contribution in [3.63, 3.8) is 0 Å². The normalized spacial score (nSPS) is 21.1. The lowest BCUT2D eigenvalue weighted by atomic mass is 10.0. The van der Waals surface area contributed by atoms with E-state index in [1.165, 1.54) is 6.07 Å². The van der Waals surface area contributed by atoms with E-state index in [4.69, 9.17) is 4.74 Å². The van der Waals surface area contributed by atoms with E-state index < -0.39 is 10.1 Å². The molecule has 1 heterocycles. The summed E-state index contributed by atoms with van der Waals surface area (Å²) in [4.78, 5) is -0.0255. The van der Waals surface area contributed by atoms with Crippen LogP contribution in [0.3, 0.4) is 0 Å². The quantitative estimate of drug-likeness (QED) is 0.341. The van der Waals surface area contributed by atoms with E-state index in [0.29, 0.717) is 12.0 Å². The van der Waals surface area contributed by atoms with Crippen LogP contribution < -0.4 is 0 Å². The standard InChI is InChI=1S/C18H22O4S/c1-3-4-5-6-7-8-9-16-17(22-16)13-15-12-14(2)10-11-18(15)23(19,20)21/h3-5,7-8,10-12,16-17H,1,6,9,13H2,2H3,(H,19,20,21)/t16-,17+/m0/s1. The molecule has 0 radical (unpaired) electrons. The van der Waals surface area contributed by atoms with Gasteiger partial charge in [-0.1, -0.05) is 54.7 Å². The van der Waals surface area contributed by atoms with Gasteiger partial charge in [-0.3, -0.25) is 4.55 Å². The minimum absolute atomic E-state index is 0.00525. The molecule has 124 valence electrons. The Bertz CT molecular complexity index is 717. The summed E-state index contributed by atoms with van der Waals surface area (Å²) >= 11 is 0. The van der Waals surface area contributed by atoms with Crippen molar-refractivity contribution in [2.75, 3.05) is 0 Å².